The second-order valence-electron chi connectivity index (χ2n) is 7.32. The van der Waals surface area contributed by atoms with Crippen LogP contribution in [-0.4, -0.2) is 15.1 Å². The molecule has 1 unspecified atom stereocenters. The van der Waals surface area contributed by atoms with Crippen molar-refractivity contribution in [2.24, 2.45) is 7.05 Å². The van der Waals surface area contributed by atoms with Crippen LogP contribution in [0, 0.1) is 6.92 Å². The van der Waals surface area contributed by atoms with Gasteiger partial charge < -0.3 is 13.9 Å². The molecule has 4 heterocycles. The standard InChI is InChI=1S/C21H18N2O4/c1-11-8-16-18(21(26)22(11)2)14(10-17(24)27-16)15-9-13-5-3-4-12-6-7-23(19(12)13)20(15)25/h3-5,8-9,14H,6-7,10H2,1-2H3. The van der Waals surface area contributed by atoms with Gasteiger partial charge in [0.1, 0.15) is 5.75 Å². The highest BCUT2D eigenvalue weighted by Crippen LogP contribution is 2.37. The minimum Gasteiger partial charge on any atom is -0.426 e. The Bertz CT molecular complexity index is 1270. The maximum Gasteiger partial charge on any atom is 0.312 e. The summed E-state index contributed by atoms with van der Waals surface area (Å²) in [7, 11) is 1.69. The first-order chi connectivity index (χ1) is 13.0. The first-order valence-electron chi connectivity index (χ1n) is 9.02. The number of benzene rings is 1. The highest BCUT2D eigenvalue weighted by atomic mass is 16.5. The second kappa shape index (κ2) is 5.42. The zero-order valence-corrected chi connectivity index (χ0v) is 15.1. The van der Waals surface area contributed by atoms with Crippen molar-refractivity contribution in [3.63, 3.8) is 0 Å². The van der Waals surface area contributed by atoms with Crippen molar-refractivity contribution in [1.82, 2.24) is 9.13 Å². The molecular formula is C21H18N2O4. The largest absolute Gasteiger partial charge is 0.426 e. The van der Waals surface area contributed by atoms with E-state index in [0.717, 1.165) is 22.9 Å². The average molecular weight is 362 g/mol. The van der Waals surface area contributed by atoms with Crippen molar-refractivity contribution in [3.8, 4) is 5.75 Å². The molecule has 1 aromatic carbocycles. The lowest BCUT2D eigenvalue weighted by atomic mass is 9.87. The Hall–Kier alpha value is -3.15. The molecule has 0 N–H and O–H groups in total. The van der Waals surface area contributed by atoms with E-state index in [0.29, 0.717) is 23.4 Å². The number of hydrogen-bond acceptors (Lipinski definition) is 4. The molecule has 6 heteroatoms. The third kappa shape index (κ3) is 2.16. The number of nitrogens with zero attached hydrogens (tertiary/aromatic N) is 2. The zero-order valence-electron chi connectivity index (χ0n) is 15.1. The molecular weight excluding hydrogens is 344 g/mol. The van der Waals surface area contributed by atoms with Gasteiger partial charge in [-0.1, -0.05) is 18.2 Å². The SMILES string of the molecule is Cc1cc2c(c(=O)n1C)C(c1cc3cccc4c3n(c1=O)CC4)CC(=O)O2. The number of ether oxygens (including phenoxy) is 1. The quantitative estimate of drug-likeness (QED) is 0.621. The molecule has 0 aliphatic carbocycles. The maximum atomic E-state index is 13.2. The third-order valence-corrected chi connectivity index (χ3v) is 5.82. The predicted molar refractivity (Wildman–Crippen MR) is 100 cm³/mol. The summed E-state index contributed by atoms with van der Waals surface area (Å²) < 4.78 is 8.64. The number of pyridine rings is 2. The Balaban J connectivity index is 1.82. The number of carbonyl (C=O) groups is 1. The number of hydrogen-bond donors (Lipinski definition) is 0. The summed E-state index contributed by atoms with van der Waals surface area (Å²) in [4.78, 5) is 38.4. The van der Waals surface area contributed by atoms with Gasteiger partial charge in [0.05, 0.1) is 17.5 Å². The van der Waals surface area contributed by atoms with Crippen molar-refractivity contribution in [2.75, 3.05) is 0 Å². The van der Waals surface area contributed by atoms with Gasteiger partial charge in [-0.25, -0.2) is 0 Å². The zero-order chi connectivity index (χ0) is 18.9. The fraction of sp³-hybridized carbons (Fsp3) is 0.286. The van der Waals surface area contributed by atoms with Crippen molar-refractivity contribution < 1.29 is 9.53 Å². The number of fused-ring (bicyclic) bond motifs is 1. The molecule has 0 bridgehead atoms. The highest BCUT2D eigenvalue weighted by molar-refractivity contribution is 5.85. The molecule has 0 saturated carbocycles. The summed E-state index contributed by atoms with van der Waals surface area (Å²) in [5.74, 6) is -0.744. The molecule has 0 spiro atoms. The lowest BCUT2D eigenvalue weighted by Crippen LogP contribution is -2.35. The summed E-state index contributed by atoms with van der Waals surface area (Å²) in [6.07, 6.45) is 0.812. The van der Waals surface area contributed by atoms with Crippen LogP contribution < -0.4 is 15.9 Å². The van der Waals surface area contributed by atoms with E-state index in [1.807, 2.05) is 24.3 Å². The fourth-order valence-electron chi connectivity index (χ4n) is 4.35. The van der Waals surface area contributed by atoms with Crippen LogP contribution in [0.5, 0.6) is 5.75 Å². The topological polar surface area (TPSA) is 70.3 Å². The Labute approximate surface area is 154 Å². The number of para-hydroxylation sites is 1. The highest BCUT2D eigenvalue weighted by Gasteiger charge is 2.34. The van der Waals surface area contributed by atoms with Crippen molar-refractivity contribution in [1.29, 1.82) is 0 Å². The fourth-order valence-corrected chi connectivity index (χ4v) is 4.35. The molecule has 2 aliphatic heterocycles. The van der Waals surface area contributed by atoms with Crippen LogP contribution in [0.2, 0.25) is 0 Å². The summed E-state index contributed by atoms with van der Waals surface area (Å²) in [5, 5.41) is 0.962. The lowest BCUT2D eigenvalue weighted by molar-refractivity contribution is -0.135. The molecule has 2 aromatic heterocycles. The summed E-state index contributed by atoms with van der Waals surface area (Å²) in [5.41, 5.74) is 3.35. The number of esters is 1. The summed E-state index contributed by atoms with van der Waals surface area (Å²) in [6, 6.07) is 9.52. The molecule has 6 nitrogen and oxygen atoms in total. The molecule has 1 atom stereocenters. The van der Waals surface area contributed by atoms with E-state index in [1.165, 1.54) is 4.57 Å². The number of aromatic nitrogens is 2. The van der Waals surface area contributed by atoms with Crippen LogP contribution in [0.1, 0.15) is 34.7 Å². The first-order valence-corrected chi connectivity index (χ1v) is 9.02. The van der Waals surface area contributed by atoms with Gasteiger partial charge in [-0.2, -0.15) is 0 Å². The minimum absolute atomic E-state index is 0.00820. The first kappa shape index (κ1) is 16.1. The van der Waals surface area contributed by atoms with Gasteiger partial charge in [-0.3, -0.25) is 14.4 Å². The molecule has 136 valence electrons. The van der Waals surface area contributed by atoms with Crippen LogP contribution in [0.3, 0.4) is 0 Å². The van der Waals surface area contributed by atoms with Crippen LogP contribution >= 0.6 is 0 Å². The molecule has 2 aliphatic rings. The molecule has 0 radical (unpaired) electrons. The van der Waals surface area contributed by atoms with Gasteiger partial charge in [-0.15, -0.1) is 0 Å². The molecule has 3 aromatic rings. The second-order valence-corrected chi connectivity index (χ2v) is 7.32. The van der Waals surface area contributed by atoms with E-state index in [4.69, 9.17) is 4.74 Å². The van der Waals surface area contributed by atoms with Crippen LogP contribution in [0.4, 0.5) is 0 Å². The molecule has 0 amide bonds. The van der Waals surface area contributed by atoms with E-state index in [9.17, 15) is 14.4 Å². The molecule has 5 rings (SSSR count). The van der Waals surface area contributed by atoms with Gasteiger partial charge >= 0.3 is 5.97 Å². The Kier molecular flexibility index (Phi) is 3.22. The predicted octanol–water partition coefficient (Wildman–Crippen LogP) is 2.01. The lowest BCUT2D eigenvalue weighted by Gasteiger charge is -2.25. The number of aryl methyl sites for hydroxylation is 3. The van der Waals surface area contributed by atoms with Gasteiger partial charge in [0.25, 0.3) is 11.1 Å². The van der Waals surface area contributed by atoms with Crippen LogP contribution in [0.25, 0.3) is 10.9 Å². The minimum atomic E-state index is -0.592. The van der Waals surface area contributed by atoms with E-state index in [-0.39, 0.29) is 23.3 Å². The number of rotatable bonds is 1. The Morgan fingerprint density at radius 3 is 2.74 bits per heavy atom. The molecule has 0 fully saturated rings. The van der Waals surface area contributed by atoms with Crippen molar-refractivity contribution in [3.05, 3.63) is 73.4 Å². The van der Waals surface area contributed by atoms with Gasteiger partial charge in [0, 0.05) is 36.8 Å². The van der Waals surface area contributed by atoms with Crippen molar-refractivity contribution >= 4 is 16.9 Å². The molecule has 27 heavy (non-hydrogen) atoms. The van der Waals surface area contributed by atoms with Crippen LogP contribution in [0.15, 0.2) is 39.9 Å². The van der Waals surface area contributed by atoms with Gasteiger partial charge in [-0.05, 0) is 30.4 Å². The van der Waals surface area contributed by atoms with E-state index < -0.39 is 11.9 Å². The normalized spacial score (nSPS) is 17.9. The monoisotopic (exact) mass is 362 g/mol. The Morgan fingerprint density at radius 1 is 1.11 bits per heavy atom. The third-order valence-electron chi connectivity index (χ3n) is 5.82. The van der Waals surface area contributed by atoms with Crippen LogP contribution in [-0.2, 0) is 24.8 Å². The van der Waals surface area contributed by atoms with Gasteiger partial charge in [0.15, 0.2) is 0 Å². The molecule has 0 saturated heterocycles. The smallest absolute Gasteiger partial charge is 0.312 e. The van der Waals surface area contributed by atoms with E-state index in [1.54, 1.807) is 24.6 Å². The van der Waals surface area contributed by atoms with Crippen molar-refractivity contribution in [2.45, 2.75) is 32.2 Å². The van der Waals surface area contributed by atoms with Gasteiger partial charge in [0.2, 0.25) is 0 Å². The summed E-state index contributed by atoms with van der Waals surface area (Å²) >= 11 is 0. The maximum absolute atomic E-state index is 13.2. The number of carbonyl (C=O) groups excluding carboxylic acids is 1. The Morgan fingerprint density at radius 2 is 1.93 bits per heavy atom. The average Bonchev–Trinajstić information content (AvgIpc) is 3.08. The van der Waals surface area contributed by atoms with E-state index in [2.05, 4.69) is 0 Å². The summed E-state index contributed by atoms with van der Waals surface area (Å²) in [6.45, 7) is 2.41. The van der Waals surface area contributed by atoms with E-state index >= 15 is 0 Å².